The minimum atomic E-state index is -3.36. The third-order valence-corrected chi connectivity index (χ3v) is 4.46. The van der Waals surface area contributed by atoms with E-state index in [1.54, 1.807) is 24.3 Å². The van der Waals surface area contributed by atoms with Crippen molar-refractivity contribution < 1.29 is 13.5 Å². The van der Waals surface area contributed by atoms with Crippen LogP contribution in [0.1, 0.15) is 11.6 Å². The third-order valence-electron chi connectivity index (χ3n) is 2.39. The van der Waals surface area contributed by atoms with Crippen LogP contribution in [0.25, 0.3) is 0 Å². The van der Waals surface area contributed by atoms with Crippen LogP contribution in [0, 0.1) is 0 Å². The van der Waals surface area contributed by atoms with Crippen LogP contribution in [0.15, 0.2) is 28.7 Å². The largest absolute Gasteiger partial charge is 0.395 e. The van der Waals surface area contributed by atoms with Crippen LogP contribution in [0.5, 0.6) is 0 Å². The first-order valence-corrected chi connectivity index (χ1v) is 7.42. The number of halogens is 1. The van der Waals surface area contributed by atoms with Crippen molar-refractivity contribution in [1.29, 1.82) is 0 Å². The van der Waals surface area contributed by atoms with Gasteiger partial charge >= 0.3 is 0 Å². The Hall–Kier alpha value is -0.430. The highest BCUT2D eigenvalue weighted by Gasteiger charge is 2.27. The van der Waals surface area contributed by atoms with Crippen molar-refractivity contribution in [1.82, 2.24) is 0 Å². The van der Waals surface area contributed by atoms with Gasteiger partial charge in [-0.2, -0.15) is 0 Å². The minimum Gasteiger partial charge on any atom is -0.395 e. The van der Waals surface area contributed by atoms with Crippen LogP contribution in [0.3, 0.4) is 0 Å². The highest BCUT2D eigenvalue weighted by atomic mass is 79.9. The van der Waals surface area contributed by atoms with Crippen LogP contribution >= 0.6 is 15.9 Å². The van der Waals surface area contributed by atoms with Gasteiger partial charge in [0.1, 0.15) is 5.25 Å². The fourth-order valence-corrected chi connectivity index (χ4v) is 2.64. The van der Waals surface area contributed by atoms with Gasteiger partial charge in [-0.3, -0.25) is 0 Å². The number of sulfone groups is 1. The van der Waals surface area contributed by atoms with Crippen molar-refractivity contribution in [2.24, 2.45) is 5.73 Å². The lowest BCUT2D eigenvalue weighted by Gasteiger charge is -2.20. The zero-order valence-electron chi connectivity index (χ0n) is 8.80. The Bertz CT molecular complexity index is 444. The van der Waals surface area contributed by atoms with Crippen molar-refractivity contribution in [3.8, 4) is 0 Å². The van der Waals surface area contributed by atoms with Gasteiger partial charge in [0.15, 0.2) is 9.84 Å². The molecule has 0 spiro atoms. The molecule has 0 aliphatic heterocycles. The molecule has 0 saturated carbocycles. The molecule has 1 aromatic rings. The van der Waals surface area contributed by atoms with E-state index in [0.717, 1.165) is 10.7 Å². The molecule has 1 aromatic carbocycles. The van der Waals surface area contributed by atoms with Gasteiger partial charge in [0, 0.05) is 16.8 Å². The molecule has 16 heavy (non-hydrogen) atoms. The van der Waals surface area contributed by atoms with Gasteiger partial charge in [-0.1, -0.05) is 28.1 Å². The minimum absolute atomic E-state index is 0.476. The molecular weight excluding hydrogens is 294 g/mol. The number of aliphatic hydroxyl groups excluding tert-OH is 1. The number of benzene rings is 1. The second-order valence-electron chi connectivity index (χ2n) is 3.63. The molecule has 0 bridgehead atoms. The molecule has 4 nitrogen and oxygen atoms in total. The van der Waals surface area contributed by atoms with Crippen LogP contribution in [-0.4, -0.2) is 31.6 Å². The van der Waals surface area contributed by atoms with Gasteiger partial charge in [-0.05, 0) is 17.7 Å². The van der Waals surface area contributed by atoms with E-state index >= 15 is 0 Å². The smallest absolute Gasteiger partial charge is 0.154 e. The summed E-state index contributed by atoms with van der Waals surface area (Å²) in [6, 6.07) is 6.33. The Morgan fingerprint density at radius 2 is 1.88 bits per heavy atom. The third kappa shape index (κ3) is 3.28. The van der Waals surface area contributed by atoms with E-state index in [4.69, 9.17) is 10.8 Å². The molecule has 0 amide bonds. The summed E-state index contributed by atoms with van der Waals surface area (Å²) in [5, 5.41) is 8.12. The lowest BCUT2D eigenvalue weighted by Crippen LogP contribution is -2.36. The maximum Gasteiger partial charge on any atom is 0.154 e. The summed E-state index contributed by atoms with van der Waals surface area (Å²) in [4.78, 5) is 0. The maximum atomic E-state index is 11.4. The monoisotopic (exact) mass is 307 g/mol. The predicted octanol–water partition coefficient (Wildman–Crippen LogP) is 0.854. The maximum absolute atomic E-state index is 11.4. The van der Waals surface area contributed by atoms with Gasteiger partial charge < -0.3 is 10.8 Å². The summed E-state index contributed by atoms with van der Waals surface area (Å²) in [7, 11) is -3.36. The fourth-order valence-electron chi connectivity index (χ4n) is 1.41. The van der Waals surface area contributed by atoms with Gasteiger partial charge in [0.05, 0.1) is 6.61 Å². The Morgan fingerprint density at radius 1 is 1.38 bits per heavy atom. The average molecular weight is 308 g/mol. The van der Waals surface area contributed by atoms with Gasteiger partial charge in [0.2, 0.25) is 0 Å². The highest BCUT2D eigenvalue weighted by Crippen LogP contribution is 2.21. The van der Waals surface area contributed by atoms with E-state index in [0.29, 0.717) is 5.56 Å². The number of rotatable bonds is 4. The molecule has 0 saturated heterocycles. The number of hydrogen-bond donors (Lipinski definition) is 2. The second-order valence-corrected chi connectivity index (χ2v) is 6.81. The molecule has 2 atom stereocenters. The lowest BCUT2D eigenvalue weighted by molar-refractivity contribution is 0.278. The lowest BCUT2D eigenvalue weighted by atomic mass is 10.1. The van der Waals surface area contributed by atoms with Crippen molar-refractivity contribution in [2.45, 2.75) is 11.3 Å². The van der Waals surface area contributed by atoms with Crippen LogP contribution in [-0.2, 0) is 9.84 Å². The molecule has 3 N–H and O–H groups in total. The average Bonchev–Trinajstić information content (AvgIpc) is 2.17. The number of hydrogen-bond acceptors (Lipinski definition) is 4. The summed E-state index contributed by atoms with van der Waals surface area (Å²) < 4.78 is 23.7. The van der Waals surface area contributed by atoms with Gasteiger partial charge in [0.25, 0.3) is 0 Å². The van der Waals surface area contributed by atoms with Crippen molar-refractivity contribution >= 4 is 25.8 Å². The topological polar surface area (TPSA) is 80.4 Å². The zero-order chi connectivity index (χ0) is 12.3. The SMILES string of the molecule is CS(=O)(=O)[C@H](CO)[C@H](N)c1ccc(Br)cc1. The van der Waals surface area contributed by atoms with Gasteiger partial charge in [-0.15, -0.1) is 0 Å². The highest BCUT2D eigenvalue weighted by molar-refractivity contribution is 9.10. The van der Waals surface area contributed by atoms with Crippen molar-refractivity contribution in [3.05, 3.63) is 34.3 Å². The number of nitrogens with two attached hydrogens (primary N) is 1. The Morgan fingerprint density at radius 3 is 2.25 bits per heavy atom. The van der Waals surface area contributed by atoms with E-state index in [1.165, 1.54) is 0 Å². The molecule has 90 valence electrons. The van der Waals surface area contributed by atoms with Crippen LogP contribution in [0.4, 0.5) is 0 Å². The Kier molecular flexibility index (Phi) is 4.49. The zero-order valence-corrected chi connectivity index (χ0v) is 11.2. The molecule has 0 aliphatic rings. The molecule has 6 heteroatoms. The molecule has 0 aromatic heterocycles. The first kappa shape index (κ1) is 13.6. The van der Waals surface area contributed by atoms with E-state index < -0.39 is 27.7 Å². The molecule has 0 radical (unpaired) electrons. The first-order valence-electron chi connectivity index (χ1n) is 4.67. The van der Waals surface area contributed by atoms with E-state index in [1.807, 2.05) is 0 Å². The summed E-state index contributed by atoms with van der Waals surface area (Å²) in [6.07, 6.45) is 1.08. The molecule has 0 unspecified atom stereocenters. The predicted molar refractivity (Wildman–Crippen MR) is 66.8 cm³/mol. The second kappa shape index (κ2) is 5.27. The number of aliphatic hydroxyl groups is 1. The van der Waals surface area contributed by atoms with E-state index in [9.17, 15) is 8.42 Å². The quantitative estimate of drug-likeness (QED) is 0.864. The fraction of sp³-hybridized carbons (Fsp3) is 0.400. The van der Waals surface area contributed by atoms with E-state index in [-0.39, 0.29) is 0 Å². The van der Waals surface area contributed by atoms with Crippen LogP contribution in [0.2, 0.25) is 0 Å². The summed E-state index contributed by atoms with van der Waals surface area (Å²) in [5.41, 5.74) is 6.52. The van der Waals surface area contributed by atoms with Gasteiger partial charge in [-0.25, -0.2) is 8.42 Å². The molecule has 0 fully saturated rings. The normalized spacial score (nSPS) is 15.8. The Balaban J connectivity index is 3.00. The molecule has 1 rings (SSSR count). The van der Waals surface area contributed by atoms with Crippen molar-refractivity contribution in [3.63, 3.8) is 0 Å². The molecular formula is C10H14BrNO3S. The molecule has 0 heterocycles. The molecule has 0 aliphatic carbocycles. The summed E-state index contributed by atoms with van der Waals surface area (Å²) in [5.74, 6) is 0. The Labute approximate surface area is 104 Å². The van der Waals surface area contributed by atoms with E-state index in [2.05, 4.69) is 15.9 Å². The standard InChI is InChI=1S/C10H14BrNO3S/c1-16(14,15)9(6-13)10(12)7-2-4-8(11)5-3-7/h2-5,9-10,13H,6,12H2,1H3/t9-,10-/m1/s1. The van der Waals surface area contributed by atoms with Crippen molar-refractivity contribution in [2.75, 3.05) is 12.9 Å². The summed E-state index contributed by atoms with van der Waals surface area (Å²) >= 11 is 3.28. The summed E-state index contributed by atoms with van der Waals surface area (Å²) in [6.45, 7) is -0.476. The van der Waals surface area contributed by atoms with Crippen LogP contribution < -0.4 is 5.73 Å². The first-order chi connectivity index (χ1) is 7.36.